The van der Waals surface area contributed by atoms with E-state index in [1.807, 2.05) is 39.8 Å². The molecule has 0 saturated heterocycles. The first-order chi connectivity index (χ1) is 10.3. The fraction of sp³-hybridized carbons (Fsp3) is 0.588. The molecule has 0 aliphatic rings. The first-order valence-corrected chi connectivity index (χ1v) is 7.84. The molecule has 0 aromatic heterocycles. The van der Waals surface area contributed by atoms with Gasteiger partial charge >= 0.3 is 0 Å². The van der Waals surface area contributed by atoms with Crippen LogP contribution in [0.1, 0.15) is 59.4 Å². The van der Waals surface area contributed by atoms with Crippen LogP contribution < -0.4 is 5.73 Å². The number of rotatable bonds is 6. The average Bonchev–Trinajstić information content (AvgIpc) is 2.59. The maximum atomic E-state index is 10.1. The van der Waals surface area contributed by atoms with Crippen molar-refractivity contribution in [2.24, 2.45) is 10.9 Å². The average molecular weight is 296 g/mol. The van der Waals surface area contributed by atoms with Crippen LogP contribution in [0.5, 0.6) is 0 Å². The van der Waals surface area contributed by atoms with Crippen LogP contribution in [0.15, 0.2) is 29.4 Å². The zero-order valence-electron chi connectivity index (χ0n) is 14.3. The molecule has 0 unspecified atom stereocenters. The number of aldehydes is 1. The van der Waals surface area contributed by atoms with E-state index in [1.54, 1.807) is 12.1 Å². The number of hydrogen-bond acceptors (Lipinski definition) is 4. The zero-order chi connectivity index (χ0) is 16.9. The van der Waals surface area contributed by atoms with Crippen LogP contribution in [0, 0.1) is 4.91 Å². The minimum Gasteiger partial charge on any atom is -0.330 e. The Morgan fingerprint density at radius 1 is 1.10 bits per heavy atom. The standard InChI is InChI=1S/C10H11NO2.C3H9N.2C2H6/c12-8-2-1-3-9-4-6-10(11-13)7-5-9;1-2-3-4;2*1-2/h4-8H,1-3H2;2-4H2,1H3;2*1-2H3. The molecule has 2 N–H and O–H groups in total. The summed E-state index contributed by atoms with van der Waals surface area (Å²) < 4.78 is 0. The van der Waals surface area contributed by atoms with E-state index in [-0.39, 0.29) is 0 Å². The van der Waals surface area contributed by atoms with E-state index in [2.05, 4.69) is 12.1 Å². The Kier molecular flexibility index (Phi) is 27.4. The van der Waals surface area contributed by atoms with Gasteiger partial charge < -0.3 is 10.5 Å². The highest BCUT2D eigenvalue weighted by atomic mass is 16.3. The number of nitrogens with zero attached hydrogens (tertiary/aromatic N) is 1. The summed E-state index contributed by atoms with van der Waals surface area (Å²) in [5.74, 6) is 0. The topological polar surface area (TPSA) is 72.5 Å². The predicted octanol–water partition coefficient (Wildman–Crippen LogP) is 5.01. The third-order valence-electron chi connectivity index (χ3n) is 2.12. The maximum absolute atomic E-state index is 10.1. The third-order valence-corrected chi connectivity index (χ3v) is 2.12. The summed E-state index contributed by atoms with van der Waals surface area (Å²) in [5.41, 5.74) is 6.60. The van der Waals surface area contributed by atoms with Gasteiger partial charge in [-0.05, 0) is 48.7 Å². The van der Waals surface area contributed by atoms with Crippen LogP contribution >= 0.6 is 0 Å². The molecule has 4 nitrogen and oxygen atoms in total. The summed E-state index contributed by atoms with van der Waals surface area (Å²) in [6.07, 6.45) is 4.34. The summed E-state index contributed by atoms with van der Waals surface area (Å²) in [6, 6.07) is 7.09. The molecular formula is C17H32N2O2. The summed E-state index contributed by atoms with van der Waals surface area (Å²) in [5, 5.41) is 2.80. The Balaban J connectivity index is -0.000000343. The van der Waals surface area contributed by atoms with Crippen molar-refractivity contribution in [1.29, 1.82) is 0 Å². The fourth-order valence-corrected chi connectivity index (χ4v) is 1.11. The van der Waals surface area contributed by atoms with Crippen molar-refractivity contribution >= 4 is 12.0 Å². The highest BCUT2D eigenvalue weighted by Gasteiger charge is 1.94. The second-order valence-electron chi connectivity index (χ2n) is 3.61. The molecule has 1 aromatic carbocycles. The van der Waals surface area contributed by atoms with E-state index in [9.17, 15) is 9.70 Å². The molecule has 0 fully saturated rings. The van der Waals surface area contributed by atoms with E-state index in [4.69, 9.17) is 5.73 Å². The highest BCUT2D eigenvalue weighted by Crippen LogP contribution is 2.13. The van der Waals surface area contributed by atoms with Gasteiger partial charge in [0, 0.05) is 6.42 Å². The van der Waals surface area contributed by atoms with Crippen molar-refractivity contribution in [2.45, 2.75) is 60.3 Å². The lowest BCUT2D eigenvalue weighted by atomic mass is 10.1. The van der Waals surface area contributed by atoms with Gasteiger partial charge in [0.05, 0.1) is 0 Å². The van der Waals surface area contributed by atoms with Gasteiger partial charge in [-0.2, -0.15) is 0 Å². The Morgan fingerprint density at radius 3 is 1.90 bits per heavy atom. The van der Waals surface area contributed by atoms with Crippen molar-refractivity contribution in [3.63, 3.8) is 0 Å². The third kappa shape index (κ3) is 18.4. The molecule has 1 aromatic rings. The lowest BCUT2D eigenvalue weighted by molar-refractivity contribution is -0.107. The number of benzene rings is 1. The van der Waals surface area contributed by atoms with Gasteiger partial charge in [0.2, 0.25) is 0 Å². The van der Waals surface area contributed by atoms with Gasteiger partial charge in [-0.15, -0.1) is 4.91 Å². The van der Waals surface area contributed by atoms with Gasteiger partial charge in [-0.3, -0.25) is 0 Å². The predicted molar refractivity (Wildman–Crippen MR) is 92.9 cm³/mol. The highest BCUT2D eigenvalue weighted by molar-refractivity contribution is 5.49. The molecule has 0 heterocycles. The normalized spacial score (nSPS) is 7.90. The second-order valence-corrected chi connectivity index (χ2v) is 3.61. The maximum Gasteiger partial charge on any atom is 0.120 e. The SMILES string of the molecule is CC.CC.CCCN.O=CCCCc1ccc(N=O)cc1. The quantitative estimate of drug-likeness (QED) is 0.455. The van der Waals surface area contributed by atoms with E-state index in [0.29, 0.717) is 12.1 Å². The molecule has 0 radical (unpaired) electrons. The molecule has 0 atom stereocenters. The van der Waals surface area contributed by atoms with Crippen molar-refractivity contribution < 1.29 is 4.79 Å². The molecular weight excluding hydrogens is 264 g/mol. The second kappa shape index (κ2) is 23.5. The van der Waals surface area contributed by atoms with Crippen molar-refractivity contribution in [2.75, 3.05) is 6.54 Å². The number of unbranched alkanes of at least 4 members (excludes halogenated alkanes) is 1. The number of nitroso groups, excluding NO2 is 1. The summed E-state index contributed by atoms with van der Waals surface area (Å²) in [4.78, 5) is 20.1. The van der Waals surface area contributed by atoms with E-state index in [0.717, 1.165) is 37.7 Å². The molecule has 122 valence electrons. The molecule has 0 spiro atoms. The van der Waals surface area contributed by atoms with Gasteiger partial charge in [-0.1, -0.05) is 46.8 Å². The Labute approximate surface area is 130 Å². The lowest BCUT2D eigenvalue weighted by Gasteiger charge is -1.97. The number of hydrogen-bond donors (Lipinski definition) is 1. The van der Waals surface area contributed by atoms with E-state index < -0.39 is 0 Å². The van der Waals surface area contributed by atoms with Crippen molar-refractivity contribution in [3.05, 3.63) is 34.7 Å². The number of aryl methyl sites for hydroxylation is 1. The molecule has 0 aliphatic heterocycles. The lowest BCUT2D eigenvalue weighted by Crippen LogP contribution is -1.93. The Morgan fingerprint density at radius 2 is 1.57 bits per heavy atom. The molecule has 0 aliphatic carbocycles. The first kappa shape index (κ1) is 24.5. The van der Waals surface area contributed by atoms with Gasteiger partial charge in [0.25, 0.3) is 0 Å². The van der Waals surface area contributed by atoms with Crippen LogP contribution in [0.4, 0.5) is 5.69 Å². The van der Waals surface area contributed by atoms with Crippen LogP contribution in [-0.2, 0) is 11.2 Å². The number of carbonyl (C=O) groups excluding carboxylic acids is 1. The number of carbonyl (C=O) groups is 1. The molecule has 0 amide bonds. The summed E-state index contributed by atoms with van der Waals surface area (Å²) >= 11 is 0. The Bertz CT molecular complexity index is 309. The van der Waals surface area contributed by atoms with E-state index in [1.165, 1.54) is 0 Å². The fourth-order valence-electron chi connectivity index (χ4n) is 1.11. The Hall–Kier alpha value is -1.55. The molecule has 4 heteroatoms. The van der Waals surface area contributed by atoms with Crippen molar-refractivity contribution in [1.82, 2.24) is 0 Å². The van der Waals surface area contributed by atoms with Crippen LogP contribution in [0.3, 0.4) is 0 Å². The summed E-state index contributed by atoms with van der Waals surface area (Å²) in [7, 11) is 0. The molecule has 0 saturated carbocycles. The van der Waals surface area contributed by atoms with Crippen LogP contribution in [-0.4, -0.2) is 12.8 Å². The molecule has 21 heavy (non-hydrogen) atoms. The molecule has 0 bridgehead atoms. The van der Waals surface area contributed by atoms with Gasteiger partial charge in [-0.25, -0.2) is 0 Å². The largest absolute Gasteiger partial charge is 0.330 e. The van der Waals surface area contributed by atoms with E-state index >= 15 is 0 Å². The summed E-state index contributed by atoms with van der Waals surface area (Å²) in [6.45, 7) is 10.9. The number of nitrogens with two attached hydrogens (primary N) is 1. The monoisotopic (exact) mass is 296 g/mol. The van der Waals surface area contributed by atoms with Crippen molar-refractivity contribution in [3.8, 4) is 0 Å². The zero-order valence-corrected chi connectivity index (χ0v) is 14.3. The first-order valence-electron chi connectivity index (χ1n) is 7.84. The molecule has 1 rings (SSSR count). The minimum absolute atomic E-state index is 0.444. The van der Waals surface area contributed by atoms with Crippen LogP contribution in [0.25, 0.3) is 0 Å². The van der Waals surface area contributed by atoms with Gasteiger partial charge in [0.1, 0.15) is 12.0 Å². The van der Waals surface area contributed by atoms with Gasteiger partial charge in [0.15, 0.2) is 0 Å². The van der Waals surface area contributed by atoms with Crippen LogP contribution in [0.2, 0.25) is 0 Å². The minimum atomic E-state index is 0.444. The smallest absolute Gasteiger partial charge is 0.120 e.